The zero-order valence-corrected chi connectivity index (χ0v) is 23.9. The molecule has 10 heteroatoms. The Kier molecular flexibility index (Phi) is 8.28. The van der Waals surface area contributed by atoms with E-state index in [4.69, 9.17) is 23.2 Å². The zero-order valence-electron chi connectivity index (χ0n) is 22.4. The van der Waals surface area contributed by atoms with Crippen LogP contribution in [0.2, 0.25) is 10.0 Å². The summed E-state index contributed by atoms with van der Waals surface area (Å²) in [5.41, 5.74) is 2.70. The maximum absolute atomic E-state index is 15.4. The third kappa shape index (κ3) is 5.99. The number of aromatic amines is 1. The smallest absolute Gasteiger partial charge is 0.271 e. The maximum atomic E-state index is 15.4. The number of nitrogens with zero attached hydrogens (tertiary/aromatic N) is 5. The van der Waals surface area contributed by atoms with E-state index in [1.165, 1.54) is 6.20 Å². The molecule has 1 aliphatic rings. The number of fused-ring (bicyclic) bond motifs is 1. The number of likely N-dealkylation sites (N-methyl/N-ethyl adjacent to an activating group) is 1. The van der Waals surface area contributed by atoms with Gasteiger partial charge in [-0.15, -0.1) is 0 Å². The predicted octanol–water partition coefficient (Wildman–Crippen LogP) is 5.62. The molecule has 0 bridgehead atoms. The van der Waals surface area contributed by atoms with Gasteiger partial charge in [0.1, 0.15) is 11.4 Å². The van der Waals surface area contributed by atoms with Gasteiger partial charge in [-0.25, -0.2) is 4.39 Å². The van der Waals surface area contributed by atoms with Crippen molar-refractivity contribution >= 4 is 40.0 Å². The Hall–Kier alpha value is -2.91. The average molecular weight is 572 g/mol. The minimum absolute atomic E-state index is 0.153. The van der Waals surface area contributed by atoms with Gasteiger partial charge in [0.25, 0.3) is 5.91 Å². The molecular weight excluding hydrogens is 538 g/mol. The quantitative estimate of drug-likeness (QED) is 0.283. The summed E-state index contributed by atoms with van der Waals surface area (Å²) in [5.74, 6) is -0.644. The molecule has 0 radical (unpaired) electrons. The van der Waals surface area contributed by atoms with E-state index in [2.05, 4.69) is 41.0 Å². The largest absolute Gasteiger partial charge is 0.350 e. The van der Waals surface area contributed by atoms with Crippen molar-refractivity contribution in [2.75, 3.05) is 47.3 Å². The number of H-pyrrole nitrogens is 1. The minimum atomic E-state index is -0.492. The van der Waals surface area contributed by atoms with Gasteiger partial charge in [0.05, 0.1) is 12.7 Å². The van der Waals surface area contributed by atoms with Crippen LogP contribution in [0.1, 0.15) is 28.9 Å². The number of rotatable bonds is 9. The Balaban J connectivity index is 1.47. The number of hydrogen-bond donors (Lipinski definition) is 1. The van der Waals surface area contributed by atoms with Gasteiger partial charge in [0.15, 0.2) is 5.82 Å². The lowest BCUT2D eigenvalue weighted by atomic mass is 10.1. The van der Waals surface area contributed by atoms with Gasteiger partial charge in [-0.05, 0) is 76.9 Å². The monoisotopic (exact) mass is 570 g/mol. The Bertz CT molecular complexity index is 1460. The Labute approximate surface area is 238 Å². The number of hydrogen-bond acceptors (Lipinski definition) is 4. The molecule has 39 heavy (non-hydrogen) atoms. The lowest BCUT2D eigenvalue weighted by Crippen LogP contribution is -2.37. The van der Waals surface area contributed by atoms with Crippen molar-refractivity contribution in [3.05, 3.63) is 75.8 Å². The molecule has 1 atom stereocenters. The number of benzene rings is 2. The molecule has 4 aromatic rings. The summed E-state index contributed by atoms with van der Waals surface area (Å²) in [6.07, 6.45) is 3.16. The summed E-state index contributed by atoms with van der Waals surface area (Å²) in [5, 5.41) is 6.20. The summed E-state index contributed by atoms with van der Waals surface area (Å²) in [6.45, 7) is 3.59. The second-order valence-corrected chi connectivity index (χ2v) is 11.4. The third-order valence-corrected chi connectivity index (χ3v) is 7.93. The van der Waals surface area contributed by atoms with E-state index >= 15 is 4.39 Å². The summed E-state index contributed by atoms with van der Waals surface area (Å²) in [7, 11) is 6.27. The van der Waals surface area contributed by atoms with Crippen LogP contribution in [-0.2, 0) is 6.54 Å². The van der Waals surface area contributed by atoms with Crippen molar-refractivity contribution in [1.82, 2.24) is 29.5 Å². The van der Waals surface area contributed by atoms with E-state index < -0.39 is 5.82 Å². The van der Waals surface area contributed by atoms with Gasteiger partial charge in [-0.2, -0.15) is 5.10 Å². The molecule has 1 amide bonds. The number of likely N-dealkylation sites (tertiary alicyclic amines) is 1. The molecule has 3 heterocycles. The molecule has 2 aromatic carbocycles. The Morgan fingerprint density at radius 3 is 2.59 bits per heavy atom. The zero-order chi connectivity index (χ0) is 27.7. The molecule has 0 spiro atoms. The number of carbonyl (C=O) groups is 1. The number of halogens is 3. The van der Waals surface area contributed by atoms with Crippen LogP contribution in [0.25, 0.3) is 22.2 Å². The third-order valence-electron chi connectivity index (χ3n) is 7.44. The van der Waals surface area contributed by atoms with Crippen molar-refractivity contribution in [2.24, 2.45) is 0 Å². The summed E-state index contributed by atoms with van der Waals surface area (Å²) in [4.78, 5) is 23.6. The van der Waals surface area contributed by atoms with E-state index in [0.717, 1.165) is 36.9 Å². The average Bonchev–Trinajstić information content (AvgIpc) is 3.62. The number of nitrogens with one attached hydrogen (secondary N) is 1. The highest BCUT2D eigenvalue weighted by Gasteiger charge is 2.33. The molecule has 1 N–H and O–H groups in total. The van der Waals surface area contributed by atoms with Crippen LogP contribution < -0.4 is 0 Å². The molecule has 206 valence electrons. The Morgan fingerprint density at radius 2 is 1.85 bits per heavy atom. The molecule has 2 aromatic heterocycles. The topological polar surface area (TPSA) is 60.4 Å². The first-order valence-corrected chi connectivity index (χ1v) is 13.9. The van der Waals surface area contributed by atoms with Gasteiger partial charge < -0.3 is 19.7 Å². The van der Waals surface area contributed by atoms with Crippen LogP contribution in [-0.4, -0.2) is 88.7 Å². The van der Waals surface area contributed by atoms with E-state index in [1.807, 2.05) is 23.1 Å². The van der Waals surface area contributed by atoms with Crippen molar-refractivity contribution in [2.45, 2.75) is 25.4 Å². The fourth-order valence-electron chi connectivity index (χ4n) is 5.33. The highest BCUT2D eigenvalue weighted by Crippen LogP contribution is 2.37. The molecule has 0 saturated carbocycles. The van der Waals surface area contributed by atoms with Crippen LogP contribution in [0.15, 0.2) is 48.7 Å². The molecule has 1 fully saturated rings. The van der Waals surface area contributed by atoms with Crippen LogP contribution in [0.5, 0.6) is 0 Å². The SMILES string of the molecule is CN(C)CCCN(C)[C@@H]1CCN(C(=O)c2[nH]c3cc(Cl)ccc3c2-c2c(F)cnn2Cc2ccc(Cl)cc2)C1. The van der Waals surface area contributed by atoms with Gasteiger partial charge in [0, 0.05) is 45.6 Å². The molecule has 0 unspecified atom stereocenters. The molecule has 5 rings (SSSR count). The number of aromatic nitrogens is 3. The Morgan fingerprint density at radius 1 is 1.10 bits per heavy atom. The first kappa shape index (κ1) is 27.6. The van der Waals surface area contributed by atoms with Crippen molar-refractivity contribution in [1.29, 1.82) is 0 Å². The second kappa shape index (κ2) is 11.7. The fraction of sp³-hybridized carbons (Fsp3) is 0.379. The molecule has 0 aliphatic carbocycles. The summed E-state index contributed by atoms with van der Waals surface area (Å²) in [6, 6.07) is 13.0. The van der Waals surface area contributed by atoms with Gasteiger partial charge >= 0.3 is 0 Å². The first-order valence-electron chi connectivity index (χ1n) is 13.1. The van der Waals surface area contributed by atoms with Crippen LogP contribution in [0.3, 0.4) is 0 Å². The van der Waals surface area contributed by atoms with Crippen molar-refractivity contribution in [3.63, 3.8) is 0 Å². The van der Waals surface area contributed by atoms with Crippen molar-refractivity contribution in [3.8, 4) is 11.3 Å². The number of amides is 1. The fourth-order valence-corrected chi connectivity index (χ4v) is 5.63. The lowest BCUT2D eigenvalue weighted by Gasteiger charge is -2.25. The maximum Gasteiger partial charge on any atom is 0.271 e. The van der Waals surface area contributed by atoms with E-state index in [1.54, 1.807) is 28.9 Å². The first-order chi connectivity index (χ1) is 18.7. The van der Waals surface area contributed by atoms with Crippen LogP contribution >= 0.6 is 23.2 Å². The van der Waals surface area contributed by atoms with Crippen LogP contribution in [0.4, 0.5) is 4.39 Å². The van der Waals surface area contributed by atoms with Gasteiger partial charge in [-0.3, -0.25) is 9.48 Å². The highest BCUT2D eigenvalue weighted by atomic mass is 35.5. The summed E-state index contributed by atoms with van der Waals surface area (Å²) < 4.78 is 17.0. The van der Waals surface area contributed by atoms with Gasteiger partial charge in [0.2, 0.25) is 0 Å². The van der Waals surface area contributed by atoms with Crippen molar-refractivity contribution < 1.29 is 9.18 Å². The van der Waals surface area contributed by atoms with Gasteiger partial charge in [-0.1, -0.05) is 41.4 Å². The molecule has 1 aliphatic heterocycles. The second-order valence-electron chi connectivity index (χ2n) is 10.5. The van der Waals surface area contributed by atoms with E-state index in [0.29, 0.717) is 46.5 Å². The molecule has 1 saturated heterocycles. The standard InChI is InChI=1S/C29H33Cl2FN6O/c1-35(2)12-4-13-36(3)22-11-14-37(18-22)29(39)27-26(23-10-9-21(31)15-25(23)34-27)28-24(32)16-33-38(28)17-19-5-7-20(30)8-6-19/h5-10,15-16,22,34H,4,11-14,17-18H2,1-3H3/t22-/m1/s1. The number of carbonyl (C=O) groups excluding carboxylic acids is 1. The lowest BCUT2D eigenvalue weighted by molar-refractivity contribution is 0.0776. The predicted molar refractivity (Wildman–Crippen MR) is 155 cm³/mol. The highest BCUT2D eigenvalue weighted by molar-refractivity contribution is 6.31. The van der Waals surface area contributed by atoms with E-state index in [-0.39, 0.29) is 17.6 Å². The molecule has 7 nitrogen and oxygen atoms in total. The van der Waals surface area contributed by atoms with Crippen LogP contribution in [0, 0.1) is 5.82 Å². The minimum Gasteiger partial charge on any atom is -0.350 e. The summed E-state index contributed by atoms with van der Waals surface area (Å²) >= 11 is 12.3. The molecular formula is C29H33Cl2FN6O. The van der Waals surface area contributed by atoms with E-state index in [9.17, 15) is 4.79 Å². The normalized spacial score (nSPS) is 15.8.